The van der Waals surface area contributed by atoms with Crippen LogP contribution in [0.1, 0.15) is 37.4 Å². The molecule has 2 rings (SSSR count). The van der Waals surface area contributed by atoms with Crippen molar-refractivity contribution < 1.29 is 23.1 Å². The fraction of sp³-hybridized carbons (Fsp3) is 0.438. The highest BCUT2D eigenvalue weighted by Gasteiger charge is 2.36. The van der Waals surface area contributed by atoms with Gasteiger partial charge < -0.3 is 10.0 Å². The van der Waals surface area contributed by atoms with Crippen LogP contribution in [0.15, 0.2) is 35.9 Å². The van der Waals surface area contributed by atoms with Crippen LogP contribution in [0.5, 0.6) is 0 Å². The number of amides is 1. The van der Waals surface area contributed by atoms with E-state index < -0.39 is 23.9 Å². The molecule has 1 aromatic carbocycles. The molecule has 6 heteroatoms. The van der Waals surface area contributed by atoms with Gasteiger partial charge in [-0.3, -0.25) is 4.79 Å². The average Bonchev–Trinajstić information content (AvgIpc) is 2.79. The van der Waals surface area contributed by atoms with Gasteiger partial charge in [0.15, 0.2) is 0 Å². The number of β-amino-alcohol motifs (C(OH)–C–C–N with tert-alkyl or cyclic N) is 1. The van der Waals surface area contributed by atoms with Gasteiger partial charge in [-0.15, -0.1) is 0 Å². The van der Waals surface area contributed by atoms with E-state index in [0.29, 0.717) is 5.56 Å². The normalized spacial score (nSPS) is 21.8. The summed E-state index contributed by atoms with van der Waals surface area (Å²) in [5.74, 6) is -0.293. The van der Waals surface area contributed by atoms with Crippen molar-refractivity contribution in [3.8, 4) is 0 Å². The van der Waals surface area contributed by atoms with Crippen LogP contribution in [0.25, 0.3) is 0 Å². The van der Waals surface area contributed by atoms with Crippen LogP contribution in [0.4, 0.5) is 13.2 Å². The molecule has 1 amide bonds. The largest absolute Gasteiger partial charge is 0.416 e. The Hall–Kier alpha value is -1.82. The maximum atomic E-state index is 12.8. The Kier molecular flexibility index (Phi) is 4.60. The SMILES string of the molecule is CC(C)=CC(=O)N1CC(O)CC1c1cccc(C(F)(F)F)c1. The van der Waals surface area contributed by atoms with E-state index in [2.05, 4.69) is 0 Å². The topological polar surface area (TPSA) is 40.5 Å². The zero-order valence-electron chi connectivity index (χ0n) is 12.4. The zero-order valence-corrected chi connectivity index (χ0v) is 12.4. The first-order chi connectivity index (χ1) is 10.2. The summed E-state index contributed by atoms with van der Waals surface area (Å²) < 4.78 is 38.5. The zero-order chi connectivity index (χ0) is 16.5. The minimum atomic E-state index is -4.43. The molecule has 2 unspecified atom stereocenters. The lowest BCUT2D eigenvalue weighted by Crippen LogP contribution is -2.30. The molecule has 1 N–H and O–H groups in total. The van der Waals surface area contributed by atoms with Crippen LogP contribution in [0.2, 0.25) is 0 Å². The molecule has 1 heterocycles. The minimum Gasteiger partial charge on any atom is -0.391 e. The van der Waals surface area contributed by atoms with Gasteiger partial charge in [-0.05, 0) is 38.0 Å². The molecule has 1 aromatic rings. The van der Waals surface area contributed by atoms with Crippen LogP contribution >= 0.6 is 0 Å². The van der Waals surface area contributed by atoms with Crippen LogP contribution in [0.3, 0.4) is 0 Å². The lowest BCUT2D eigenvalue weighted by Gasteiger charge is -2.24. The fourth-order valence-electron chi connectivity index (χ4n) is 2.63. The number of carbonyl (C=O) groups excluding carboxylic acids is 1. The van der Waals surface area contributed by atoms with Crippen LogP contribution in [-0.4, -0.2) is 28.6 Å². The van der Waals surface area contributed by atoms with E-state index in [1.807, 2.05) is 0 Å². The van der Waals surface area contributed by atoms with E-state index in [1.54, 1.807) is 19.9 Å². The third kappa shape index (κ3) is 3.68. The Morgan fingerprint density at radius 2 is 2.05 bits per heavy atom. The molecule has 0 radical (unpaired) electrons. The summed E-state index contributed by atoms with van der Waals surface area (Å²) in [4.78, 5) is 13.6. The van der Waals surface area contributed by atoms with Gasteiger partial charge in [-0.2, -0.15) is 13.2 Å². The average molecular weight is 313 g/mol. The molecule has 22 heavy (non-hydrogen) atoms. The lowest BCUT2D eigenvalue weighted by molar-refractivity contribution is -0.137. The number of aliphatic hydroxyl groups is 1. The Bertz CT molecular complexity index is 591. The number of nitrogens with zero attached hydrogens (tertiary/aromatic N) is 1. The Balaban J connectivity index is 2.33. The van der Waals surface area contributed by atoms with Crippen molar-refractivity contribution in [2.45, 2.75) is 38.6 Å². The maximum absolute atomic E-state index is 12.8. The van der Waals surface area contributed by atoms with E-state index >= 15 is 0 Å². The number of hydrogen-bond acceptors (Lipinski definition) is 2. The second-order valence-corrected chi connectivity index (χ2v) is 5.74. The van der Waals surface area contributed by atoms with E-state index in [0.717, 1.165) is 17.7 Å². The Morgan fingerprint density at radius 3 is 2.64 bits per heavy atom. The number of rotatable bonds is 2. The van der Waals surface area contributed by atoms with Gasteiger partial charge in [0.05, 0.1) is 17.7 Å². The first kappa shape index (κ1) is 16.5. The summed E-state index contributed by atoms with van der Waals surface area (Å²) in [5, 5.41) is 9.81. The van der Waals surface area contributed by atoms with Gasteiger partial charge in [0, 0.05) is 12.6 Å². The number of benzene rings is 1. The molecule has 0 bridgehead atoms. The van der Waals surface area contributed by atoms with Crippen molar-refractivity contribution >= 4 is 5.91 Å². The van der Waals surface area contributed by atoms with Gasteiger partial charge in [-0.1, -0.05) is 17.7 Å². The molecule has 3 nitrogen and oxygen atoms in total. The fourth-order valence-corrected chi connectivity index (χ4v) is 2.63. The van der Waals surface area contributed by atoms with Gasteiger partial charge in [0.2, 0.25) is 5.91 Å². The summed E-state index contributed by atoms with van der Waals surface area (Å²) in [6.45, 7) is 3.66. The smallest absolute Gasteiger partial charge is 0.391 e. The summed E-state index contributed by atoms with van der Waals surface area (Å²) in [7, 11) is 0. The molecule has 0 spiro atoms. The summed E-state index contributed by atoms with van der Waals surface area (Å²) >= 11 is 0. The molecule has 1 aliphatic heterocycles. The van der Waals surface area contributed by atoms with Crippen molar-refractivity contribution in [3.05, 3.63) is 47.0 Å². The monoisotopic (exact) mass is 313 g/mol. The number of alkyl halides is 3. The molecule has 1 fully saturated rings. The summed E-state index contributed by atoms with van der Waals surface area (Å²) in [5.41, 5.74) is 0.442. The molecule has 1 saturated heterocycles. The summed E-state index contributed by atoms with van der Waals surface area (Å²) in [6, 6.07) is 4.39. The highest BCUT2D eigenvalue weighted by molar-refractivity contribution is 5.88. The van der Waals surface area contributed by atoms with Crippen molar-refractivity contribution in [2.24, 2.45) is 0 Å². The highest BCUT2D eigenvalue weighted by Crippen LogP contribution is 2.36. The number of aliphatic hydroxyl groups excluding tert-OH is 1. The van der Waals surface area contributed by atoms with Crippen molar-refractivity contribution in [1.82, 2.24) is 4.90 Å². The van der Waals surface area contributed by atoms with Gasteiger partial charge in [0.1, 0.15) is 0 Å². The molecular weight excluding hydrogens is 295 g/mol. The summed E-state index contributed by atoms with van der Waals surface area (Å²) in [6.07, 6.45) is -3.49. The van der Waals surface area contributed by atoms with E-state index in [1.165, 1.54) is 17.0 Å². The van der Waals surface area contributed by atoms with Crippen LogP contribution < -0.4 is 0 Å². The third-order valence-electron chi connectivity index (χ3n) is 3.57. The number of allylic oxidation sites excluding steroid dienone is 1. The maximum Gasteiger partial charge on any atom is 0.416 e. The molecule has 1 aliphatic rings. The number of hydrogen-bond donors (Lipinski definition) is 1. The quantitative estimate of drug-likeness (QED) is 0.851. The predicted octanol–water partition coefficient (Wildman–Crippen LogP) is 3.31. The Labute approximate surface area is 127 Å². The van der Waals surface area contributed by atoms with Crippen molar-refractivity contribution in [1.29, 1.82) is 0 Å². The minimum absolute atomic E-state index is 0.128. The second-order valence-electron chi connectivity index (χ2n) is 5.74. The number of likely N-dealkylation sites (tertiary alicyclic amines) is 1. The first-order valence-electron chi connectivity index (χ1n) is 6.99. The van der Waals surface area contributed by atoms with Crippen LogP contribution in [0, 0.1) is 0 Å². The molecule has 120 valence electrons. The van der Waals surface area contributed by atoms with E-state index in [4.69, 9.17) is 0 Å². The van der Waals surface area contributed by atoms with Crippen LogP contribution in [-0.2, 0) is 11.0 Å². The standard InChI is InChI=1S/C16H18F3NO2/c1-10(2)6-15(22)20-9-13(21)8-14(20)11-4-3-5-12(7-11)16(17,18)19/h3-7,13-14,21H,8-9H2,1-2H3. The highest BCUT2D eigenvalue weighted by atomic mass is 19.4. The van der Waals surface area contributed by atoms with Crippen molar-refractivity contribution in [3.63, 3.8) is 0 Å². The van der Waals surface area contributed by atoms with Gasteiger partial charge in [-0.25, -0.2) is 0 Å². The third-order valence-corrected chi connectivity index (χ3v) is 3.57. The molecule has 0 aliphatic carbocycles. The van der Waals surface area contributed by atoms with Crippen molar-refractivity contribution in [2.75, 3.05) is 6.54 Å². The van der Waals surface area contributed by atoms with E-state index in [9.17, 15) is 23.1 Å². The number of carbonyl (C=O) groups is 1. The van der Waals surface area contributed by atoms with Gasteiger partial charge >= 0.3 is 6.18 Å². The molecule has 2 atom stereocenters. The number of halogens is 3. The molecular formula is C16H18F3NO2. The second kappa shape index (κ2) is 6.12. The molecule has 0 saturated carbocycles. The van der Waals surface area contributed by atoms with Gasteiger partial charge in [0.25, 0.3) is 0 Å². The predicted molar refractivity (Wildman–Crippen MR) is 76.0 cm³/mol. The van der Waals surface area contributed by atoms with E-state index in [-0.39, 0.29) is 18.9 Å². The first-order valence-corrected chi connectivity index (χ1v) is 6.99. The lowest BCUT2D eigenvalue weighted by atomic mass is 10.0. The Morgan fingerprint density at radius 1 is 1.36 bits per heavy atom. The molecule has 0 aromatic heterocycles.